The molecule has 11 rings (SSSR count). The second-order valence-corrected chi connectivity index (χ2v) is 14.3. The summed E-state index contributed by atoms with van der Waals surface area (Å²) in [5.41, 5.74) is 15.5. The van der Waals surface area contributed by atoms with Crippen LogP contribution >= 0.6 is 11.3 Å². The first-order valence-electron chi connectivity index (χ1n) is 18.9. The molecule has 0 aliphatic heterocycles. The van der Waals surface area contributed by atoms with E-state index in [9.17, 15) is 0 Å². The van der Waals surface area contributed by atoms with E-state index in [1.807, 2.05) is 0 Å². The fourth-order valence-corrected chi connectivity index (χ4v) is 7.85. The van der Waals surface area contributed by atoms with Gasteiger partial charge in [0.2, 0.25) is 0 Å². The van der Waals surface area contributed by atoms with Crippen molar-refractivity contribution in [2.24, 2.45) is 0 Å². The number of hydrogen-bond donors (Lipinski definition) is 0. The van der Waals surface area contributed by atoms with E-state index in [-0.39, 0.29) is 14.9 Å². The van der Waals surface area contributed by atoms with Crippen LogP contribution in [0.2, 0.25) is 0 Å². The van der Waals surface area contributed by atoms with Crippen molar-refractivity contribution in [2.75, 3.05) is 0 Å². The van der Waals surface area contributed by atoms with Crippen LogP contribution in [0.5, 0.6) is 0 Å². The minimum Gasteiger partial charge on any atom is -0.243 e. The van der Waals surface area contributed by atoms with E-state index in [1.165, 1.54) is 78.9 Å². The molecule has 2 nitrogen and oxygen atoms in total. The van der Waals surface area contributed by atoms with Crippen LogP contribution in [0.3, 0.4) is 0 Å². The zero-order chi connectivity index (χ0) is 36.6. The Labute approximate surface area is 332 Å². The lowest BCUT2D eigenvalue weighted by atomic mass is 9.99. The van der Waals surface area contributed by atoms with Gasteiger partial charge in [0.05, 0.1) is 11.0 Å². The van der Waals surface area contributed by atoms with Crippen LogP contribution in [0.4, 0.5) is 0 Å². The van der Waals surface area contributed by atoms with Gasteiger partial charge in [-0.3, -0.25) is 0 Å². The van der Waals surface area contributed by atoms with Crippen LogP contribution in [0.25, 0.3) is 65.9 Å². The predicted octanol–water partition coefficient (Wildman–Crippen LogP) is 15.8. The van der Waals surface area contributed by atoms with Gasteiger partial charge < -0.3 is 0 Å². The number of nitrogens with zero attached hydrogens (tertiary/aromatic N) is 2. The molecule has 3 heteroatoms. The van der Waals surface area contributed by atoms with E-state index in [0.717, 1.165) is 34.9 Å². The molecule has 0 N–H and O–H groups in total. The molecule has 2 aliphatic rings. The lowest BCUT2D eigenvalue weighted by molar-refractivity contribution is 1.09. The number of aromatic nitrogens is 2. The third-order valence-electron chi connectivity index (χ3n) is 9.38. The molecule has 0 spiro atoms. The molecule has 7 aromatic carbocycles. The molecule has 0 unspecified atom stereocenters. The quantitative estimate of drug-likeness (QED) is 0.145. The Morgan fingerprint density at radius 3 is 0.945 bits per heavy atom. The third-order valence-corrected chi connectivity index (χ3v) is 10.1. The average Bonchev–Trinajstić information content (AvgIpc) is 3.94. The van der Waals surface area contributed by atoms with Gasteiger partial charge in [0, 0.05) is 21.5 Å². The molecular formula is C52H54N2S. The molecule has 0 saturated heterocycles. The van der Waals surface area contributed by atoms with Gasteiger partial charge in [-0.15, -0.1) is 11.3 Å². The smallest absolute Gasteiger partial charge is 0.100 e. The van der Waals surface area contributed by atoms with Gasteiger partial charge in [0.1, 0.15) is 11.0 Å². The summed E-state index contributed by atoms with van der Waals surface area (Å²) in [6, 6.07) is 51.5. The molecule has 2 aromatic heterocycles. The zero-order valence-electron chi connectivity index (χ0n) is 31.1. The van der Waals surface area contributed by atoms with E-state index in [0.29, 0.717) is 0 Å². The lowest BCUT2D eigenvalue weighted by Gasteiger charge is -2.08. The zero-order valence-corrected chi connectivity index (χ0v) is 32.0. The fraction of sp³-hybridized carbons (Fsp3) is 0.192. The molecule has 0 fully saturated rings. The largest absolute Gasteiger partial charge is 0.243 e. The summed E-state index contributed by atoms with van der Waals surface area (Å²) in [5, 5.41) is 8.95. The van der Waals surface area contributed by atoms with Crippen LogP contribution in [0.1, 0.15) is 77.6 Å². The van der Waals surface area contributed by atoms with Crippen molar-refractivity contribution >= 4 is 54.9 Å². The van der Waals surface area contributed by atoms with Crippen LogP contribution in [0, 0.1) is 0 Å². The summed E-state index contributed by atoms with van der Waals surface area (Å²) in [7, 11) is 0. The van der Waals surface area contributed by atoms with Gasteiger partial charge in [-0.1, -0.05) is 201 Å². The van der Waals surface area contributed by atoms with Gasteiger partial charge in [-0.05, 0) is 68.1 Å². The summed E-state index contributed by atoms with van der Waals surface area (Å²) in [6.07, 6.45) is 4.71. The molecule has 0 saturated carbocycles. The number of hydrogen-bond acceptors (Lipinski definition) is 3. The third kappa shape index (κ3) is 8.53. The maximum atomic E-state index is 4.86. The Balaban J connectivity index is 0.000000150. The minimum atomic E-state index is 0. The highest BCUT2D eigenvalue weighted by Gasteiger charge is 2.17. The van der Waals surface area contributed by atoms with Crippen molar-refractivity contribution in [3.63, 3.8) is 0 Å². The van der Waals surface area contributed by atoms with Crippen LogP contribution in [0.15, 0.2) is 156 Å². The Morgan fingerprint density at radius 1 is 0.382 bits per heavy atom. The Morgan fingerprint density at radius 2 is 0.636 bits per heavy atom. The number of benzene rings is 7. The summed E-state index contributed by atoms with van der Waals surface area (Å²) >= 11 is 1.65. The molecule has 9 aromatic rings. The van der Waals surface area contributed by atoms with Gasteiger partial charge in [-0.25, -0.2) is 9.97 Å². The second kappa shape index (κ2) is 19.1. The molecule has 55 heavy (non-hydrogen) atoms. The van der Waals surface area contributed by atoms with E-state index in [4.69, 9.17) is 9.97 Å². The maximum absolute atomic E-state index is 4.86. The second-order valence-electron chi connectivity index (χ2n) is 13.6. The highest BCUT2D eigenvalue weighted by Crippen LogP contribution is 2.37. The molecule has 2 aliphatic carbocycles. The monoisotopic (exact) mass is 738 g/mol. The van der Waals surface area contributed by atoms with E-state index in [2.05, 4.69) is 184 Å². The van der Waals surface area contributed by atoms with Crippen molar-refractivity contribution in [3.05, 3.63) is 179 Å². The van der Waals surface area contributed by atoms with Gasteiger partial charge >= 0.3 is 0 Å². The first kappa shape index (κ1) is 40.5. The first-order chi connectivity index (χ1) is 26.1. The number of fused-ring (bicyclic) bond motifs is 13. The SMILES string of the molecule is C.C.CCC.CCC.c1ccc2c(c1)Cc1ccccc1-2.c1ccc2c(c1)Cc1ccccc1-2.c1ccc2c(c1)c1ccccc1c1nc3cscc3nc21. The van der Waals surface area contributed by atoms with E-state index in [1.54, 1.807) is 11.3 Å². The predicted molar refractivity (Wildman–Crippen MR) is 245 cm³/mol. The standard InChI is InChI=1S/C18H10N2S.2C13H10.2C3H8.2CH4/c1-3-7-13-11(5-1)12-6-2-4-8-14(12)18-17(13)19-15-9-21-10-16(15)20-18;2*1-3-7-12-10(5-1)9-11-6-2-4-8-13(11)12;2*1-3-2;;/h1-10H;2*1-8H,9H2;2*3H2,1-2H3;2*1H4. The molecule has 0 bridgehead atoms. The summed E-state index contributed by atoms with van der Waals surface area (Å²) < 4.78 is 0. The molecule has 0 radical (unpaired) electrons. The molecule has 0 atom stereocenters. The highest BCUT2D eigenvalue weighted by molar-refractivity contribution is 7.09. The highest BCUT2D eigenvalue weighted by atomic mass is 32.1. The van der Waals surface area contributed by atoms with Crippen molar-refractivity contribution in [1.29, 1.82) is 0 Å². The Hall–Kier alpha value is -5.64. The summed E-state index contributed by atoms with van der Waals surface area (Å²) in [4.78, 5) is 9.73. The topological polar surface area (TPSA) is 25.8 Å². The molecule has 278 valence electrons. The van der Waals surface area contributed by atoms with Gasteiger partial charge in [0.25, 0.3) is 0 Å². The molecule has 0 amide bonds. The number of thiophene rings is 1. The van der Waals surface area contributed by atoms with Crippen molar-refractivity contribution < 1.29 is 0 Å². The van der Waals surface area contributed by atoms with Gasteiger partial charge in [0.15, 0.2) is 0 Å². The normalized spacial score (nSPS) is 11.0. The van der Waals surface area contributed by atoms with E-state index >= 15 is 0 Å². The van der Waals surface area contributed by atoms with Gasteiger partial charge in [-0.2, -0.15) is 0 Å². The maximum Gasteiger partial charge on any atom is 0.100 e. The lowest BCUT2D eigenvalue weighted by Crippen LogP contribution is -1.89. The Bertz CT molecular complexity index is 2370. The Kier molecular flexibility index (Phi) is 14.1. The van der Waals surface area contributed by atoms with Crippen LogP contribution in [-0.2, 0) is 12.8 Å². The average molecular weight is 739 g/mol. The summed E-state index contributed by atoms with van der Waals surface area (Å²) in [5.74, 6) is 0. The first-order valence-corrected chi connectivity index (χ1v) is 19.8. The van der Waals surface area contributed by atoms with Crippen LogP contribution in [-0.4, -0.2) is 9.97 Å². The fourth-order valence-electron chi connectivity index (χ4n) is 7.18. The van der Waals surface area contributed by atoms with Crippen molar-refractivity contribution in [2.45, 2.75) is 68.2 Å². The number of rotatable bonds is 0. The molecular weight excluding hydrogens is 685 g/mol. The van der Waals surface area contributed by atoms with Crippen molar-refractivity contribution in [1.82, 2.24) is 9.97 Å². The van der Waals surface area contributed by atoms with Crippen molar-refractivity contribution in [3.8, 4) is 22.3 Å². The van der Waals surface area contributed by atoms with E-state index < -0.39 is 0 Å². The minimum absolute atomic E-state index is 0. The van der Waals surface area contributed by atoms with Crippen LogP contribution < -0.4 is 0 Å². The molecule has 2 heterocycles. The summed E-state index contributed by atoms with van der Waals surface area (Å²) in [6.45, 7) is 8.50.